The van der Waals surface area contributed by atoms with E-state index in [2.05, 4.69) is 5.16 Å². The van der Waals surface area contributed by atoms with E-state index < -0.39 is 29.0 Å². The van der Waals surface area contributed by atoms with E-state index >= 15 is 0 Å². The molecule has 7 heteroatoms. The van der Waals surface area contributed by atoms with E-state index in [1.807, 2.05) is 0 Å². The first-order valence-corrected chi connectivity index (χ1v) is 3.71. The highest BCUT2D eigenvalue weighted by atomic mass is 19.4. The number of rotatable bonds is 1. The largest absolute Gasteiger partial charge is 0.417 e. The van der Waals surface area contributed by atoms with Gasteiger partial charge in [0, 0.05) is 0 Å². The minimum absolute atomic E-state index is 0.649. The quantitative estimate of drug-likeness (QED) is 0.251. The summed E-state index contributed by atoms with van der Waals surface area (Å²) >= 11 is 0. The Bertz CT molecular complexity index is 400. The summed E-state index contributed by atoms with van der Waals surface area (Å²) in [5, 5.41) is 10.6. The lowest BCUT2D eigenvalue weighted by Crippen LogP contribution is -2.21. The van der Waals surface area contributed by atoms with Gasteiger partial charge in [0.1, 0.15) is 5.82 Å². The number of hydrogen-bond acceptors (Lipinski definition) is 2. The second-order valence-electron chi connectivity index (χ2n) is 2.65. The smallest absolute Gasteiger partial charge is 0.409 e. The molecule has 0 fully saturated rings. The van der Waals surface area contributed by atoms with Gasteiger partial charge in [0.05, 0.1) is 11.1 Å². The van der Waals surface area contributed by atoms with Gasteiger partial charge in [-0.1, -0.05) is 11.2 Å². The summed E-state index contributed by atoms with van der Waals surface area (Å²) in [7, 11) is 0. The Hall–Kier alpha value is -1.79. The van der Waals surface area contributed by atoms with E-state index in [9.17, 15) is 17.6 Å². The van der Waals surface area contributed by atoms with Crippen molar-refractivity contribution in [3.05, 3.63) is 35.1 Å². The molecule has 82 valence electrons. The maximum Gasteiger partial charge on any atom is 0.417 e. The number of nitrogens with two attached hydrogens (primary N) is 1. The van der Waals surface area contributed by atoms with Crippen molar-refractivity contribution in [2.45, 2.75) is 6.18 Å². The van der Waals surface area contributed by atoms with Gasteiger partial charge >= 0.3 is 6.18 Å². The lowest BCUT2D eigenvalue weighted by molar-refractivity contribution is -0.137. The van der Waals surface area contributed by atoms with Crippen LogP contribution in [-0.2, 0) is 6.18 Å². The first-order chi connectivity index (χ1) is 6.88. The number of benzene rings is 1. The molecule has 0 bridgehead atoms. The van der Waals surface area contributed by atoms with Crippen molar-refractivity contribution in [3.8, 4) is 0 Å². The average molecular weight is 222 g/mol. The van der Waals surface area contributed by atoms with Gasteiger partial charge in [0.2, 0.25) is 0 Å². The van der Waals surface area contributed by atoms with Crippen molar-refractivity contribution >= 4 is 5.84 Å². The lowest BCUT2D eigenvalue weighted by Gasteiger charge is -2.11. The van der Waals surface area contributed by atoms with Gasteiger partial charge in [-0.2, -0.15) is 13.2 Å². The van der Waals surface area contributed by atoms with Gasteiger partial charge in [-0.3, -0.25) is 0 Å². The van der Waals surface area contributed by atoms with Crippen LogP contribution in [0.1, 0.15) is 11.1 Å². The van der Waals surface area contributed by atoms with Crippen LogP contribution < -0.4 is 5.73 Å². The molecule has 0 heterocycles. The normalized spacial score (nSPS) is 12.9. The number of nitrogens with zero attached hydrogens (tertiary/aromatic N) is 1. The maximum absolute atomic E-state index is 13.0. The second-order valence-corrected chi connectivity index (χ2v) is 2.65. The molecule has 0 amide bonds. The molecule has 1 aromatic carbocycles. The predicted octanol–water partition coefficient (Wildman–Crippen LogP) is 1.94. The Morgan fingerprint density at radius 2 is 1.93 bits per heavy atom. The van der Waals surface area contributed by atoms with Gasteiger partial charge in [0.15, 0.2) is 5.84 Å². The Morgan fingerprint density at radius 1 is 1.33 bits per heavy atom. The highest BCUT2D eigenvalue weighted by Crippen LogP contribution is 2.32. The van der Waals surface area contributed by atoms with Crippen molar-refractivity contribution in [2.24, 2.45) is 10.9 Å². The monoisotopic (exact) mass is 222 g/mol. The van der Waals surface area contributed by atoms with E-state index in [1.165, 1.54) is 0 Å². The molecule has 15 heavy (non-hydrogen) atoms. The summed E-state index contributed by atoms with van der Waals surface area (Å²) < 4.78 is 50.1. The predicted molar refractivity (Wildman–Crippen MR) is 43.9 cm³/mol. The van der Waals surface area contributed by atoms with Gasteiger partial charge < -0.3 is 10.9 Å². The number of alkyl halides is 3. The SMILES string of the molecule is NC(=NO)c1c(F)cccc1C(F)(F)F. The third-order valence-corrected chi connectivity index (χ3v) is 1.68. The van der Waals surface area contributed by atoms with Crippen LogP contribution in [0.15, 0.2) is 23.4 Å². The summed E-state index contributed by atoms with van der Waals surface area (Å²) in [6.45, 7) is 0. The number of hydrogen-bond donors (Lipinski definition) is 2. The molecule has 0 aliphatic carbocycles. The minimum Gasteiger partial charge on any atom is -0.409 e. The van der Waals surface area contributed by atoms with E-state index in [4.69, 9.17) is 10.9 Å². The van der Waals surface area contributed by atoms with Gasteiger partial charge in [-0.25, -0.2) is 4.39 Å². The van der Waals surface area contributed by atoms with Crippen molar-refractivity contribution in [1.29, 1.82) is 0 Å². The van der Waals surface area contributed by atoms with Crippen LogP contribution in [-0.4, -0.2) is 11.0 Å². The molecule has 0 spiro atoms. The molecule has 3 N–H and O–H groups in total. The molecule has 0 aliphatic heterocycles. The fourth-order valence-electron chi connectivity index (χ4n) is 1.07. The van der Waals surface area contributed by atoms with E-state index in [-0.39, 0.29) is 0 Å². The highest BCUT2D eigenvalue weighted by molar-refractivity contribution is 5.98. The van der Waals surface area contributed by atoms with E-state index in [1.54, 1.807) is 0 Å². The van der Waals surface area contributed by atoms with Crippen molar-refractivity contribution in [2.75, 3.05) is 0 Å². The number of halogens is 4. The Balaban J connectivity index is 3.47. The third-order valence-electron chi connectivity index (χ3n) is 1.68. The minimum atomic E-state index is -4.76. The molecule has 0 radical (unpaired) electrons. The Labute approximate surface area is 81.8 Å². The lowest BCUT2D eigenvalue weighted by atomic mass is 10.1. The van der Waals surface area contributed by atoms with Gasteiger partial charge in [-0.15, -0.1) is 0 Å². The first-order valence-electron chi connectivity index (χ1n) is 3.71. The van der Waals surface area contributed by atoms with Crippen LogP contribution >= 0.6 is 0 Å². The van der Waals surface area contributed by atoms with Crippen LogP contribution in [0.4, 0.5) is 17.6 Å². The summed E-state index contributed by atoms with van der Waals surface area (Å²) in [5.74, 6) is -2.11. The maximum atomic E-state index is 13.0. The molecule has 0 aromatic heterocycles. The summed E-state index contributed by atoms with van der Waals surface area (Å²) in [4.78, 5) is 0. The summed E-state index contributed by atoms with van der Waals surface area (Å²) in [6, 6.07) is 2.34. The zero-order chi connectivity index (χ0) is 11.6. The summed E-state index contributed by atoms with van der Waals surface area (Å²) in [6.07, 6.45) is -4.76. The Kier molecular flexibility index (Phi) is 2.83. The zero-order valence-corrected chi connectivity index (χ0v) is 7.22. The molecule has 0 saturated heterocycles. The average Bonchev–Trinajstić information content (AvgIpc) is 2.15. The molecule has 0 saturated carbocycles. The van der Waals surface area contributed by atoms with Crippen LogP contribution in [0.5, 0.6) is 0 Å². The molecule has 1 aromatic rings. The number of amidine groups is 1. The van der Waals surface area contributed by atoms with E-state index in [0.717, 1.165) is 12.1 Å². The summed E-state index contributed by atoms with van der Waals surface area (Å²) in [5.41, 5.74) is 2.72. The number of oxime groups is 1. The fourth-order valence-corrected chi connectivity index (χ4v) is 1.07. The molecular weight excluding hydrogens is 216 g/mol. The van der Waals surface area contributed by atoms with Crippen molar-refractivity contribution in [1.82, 2.24) is 0 Å². The molecule has 0 aliphatic rings. The van der Waals surface area contributed by atoms with Crippen LogP contribution in [0.25, 0.3) is 0 Å². The van der Waals surface area contributed by atoms with Crippen LogP contribution in [0.2, 0.25) is 0 Å². The Morgan fingerprint density at radius 3 is 2.40 bits per heavy atom. The fraction of sp³-hybridized carbons (Fsp3) is 0.125. The molecule has 3 nitrogen and oxygen atoms in total. The van der Waals surface area contributed by atoms with Gasteiger partial charge in [-0.05, 0) is 12.1 Å². The van der Waals surface area contributed by atoms with E-state index in [0.29, 0.717) is 6.07 Å². The third kappa shape index (κ3) is 2.17. The molecule has 0 unspecified atom stereocenters. The zero-order valence-electron chi connectivity index (χ0n) is 7.22. The van der Waals surface area contributed by atoms with Crippen molar-refractivity contribution < 1.29 is 22.8 Å². The van der Waals surface area contributed by atoms with Crippen LogP contribution in [0, 0.1) is 5.82 Å². The molecular formula is C8H6F4N2O. The van der Waals surface area contributed by atoms with Crippen LogP contribution in [0.3, 0.4) is 0 Å². The second kappa shape index (κ2) is 3.76. The standard InChI is InChI=1S/C8H6F4N2O/c9-5-3-1-2-4(8(10,11)12)6(5)7(13)14-15/h1-3,15H,(H2,13,14). The highest BCUT2D eigenvalue weighted by Gasteiger charge is 2.35. The molecule has 0 atom stereocenters. The molecule has 1 rings (SSSR count). The topological polar surface area (TPSA) is 58.6 Å². The van der Waals surface area contributed by atoms with Gasteiger partial charge in [0.25, 0.3) is 0 Å². The first kappa shape index (κ1) is 11.3. The van der Waals surface area contributed by atoms with Crippen molar-refractivity contribution in [3.63, 3.8) is 0 Å².